The van der Waals surface area contributed by atoms with Crippen LogP contribution in [0.4, 0.5) is 0 Å². The molecular weight excluding hydrogens is 292 g/mol. The zero-order chi connectivity index (χ0) is 16.4. The van der Waals surface area contributed by atoms with Crippen molar-refractivity contribution in [2.75, 3.05) is 19.7 Å². The number of carbonyl (C=O) groups excluding carboxylic acids is 2. The summed E-state index contributed by atoms with van der Waals surface area (Å²) in [5.41, 5.74) is 1.53. The minimum Gasteiger partial charge on any atom is -0.466 e. The largest absolute Gasteiger partial charge is 0.466 e. The Bertz CT molecular complexity index is 616. The lowest BCUT2D eigenvalue weighted by molar-refractivity contribution is -0.153. The smallest absolute Gasteiger partial charge is 0.313 e. The summed E-state index contributed by atoms with van der Waals surface area (Å²) in [4.78, 5) is 31.4. The Morgan fingerprint density at radius 3 is 3.09 bits per heavy atom. The summed E-state index contributed by atoms with van der Waals surface area (Å²) in [7, 11) is 0. The number of nitrogens with zero attached hydrogens (tertiary/aromatic N) is 2. The van der Waals surface area contributed by atoms with Gasteiger partial charge in [0.2, 0.25) is 5.91 Å². The van der Waals surface area contributed by atoms with E-state index in [-0.39, 0.29) is 17.8 Å². The number of aryl methyl sites for hydroxylation is 1. The maximum atomic E-state index is 13.0. The minimum atomic E-state index is -0.576. The number of hydrogen-bond donors (Lipinski definition) is 0. The van der Waals surface area contributed by atoms with Gasteiger partial charge in [0.05, 0.1) is 23.6 Å². The number of hydrogen-bond acceptors (Lipinski definition) is 4. The molecule has 1 saturated heterocycles. The molecule has 0 aromatic carbocycles. The summed E-state index contributed by atoms with van der Waals surface area (Å²) in [5, 5.41) is 0. The molecule has 0 bridgehead atoms. The van der Waals surface area contributed by atoms with E-state index in [1.165, 1.54) is 5.56 Å². The molecule has 0 N–H and O–H groups in total. The van der Waals surface area contributed by atoms with E-state index < -0.39 is 5.41 Å². The van der Waals surface area contributed by atoms with Crippen LogP contribution < -0.4 is 0 Å². The predicted molar refractivity (Wildman–Crippen MR) is 85.9 cm³/mol. The SMILES string of the molecule is CCOC(=O)[C@@]1(C)CCN(C(=O)[C@@H]2CCCc3cccnc32)C1. The van der Waals surface area contributed by atoms with Gasteiger partial charge in [-0.3, -0.25) is 14.6 Å². The van der Waals surface area contributed by atoms with E-state index in [2.05, 4.69) is 11.1 Å². The summed E-state index contributed by atoms with van der Waals surface area (Å²) >= 11 is 0. The summed E-state index contributed by atoms with van der Waals surface area (Å²) in [6.45, 7) is 5.15. The Labute approximate surface area is 137 Å². The molecule has 23 heavy (non-hydrogen) atoms. The number of aromatic nitrogens is 1. The number of likely N-dealkylation sites (tertiary alicyclic amines) is 1. The second-order valence-corrected chi connectivity index (χ2v) is 6.78. The fourth-order valence-corrected chi connectivity index (χ4v) is 3.69. The van der Waals surface area contributed by atoms with Crippen LogP contribution in [0.1, 0.15) is 50.3 Å². The van der Waals surface area contributed by atoms with Crippen LogP contribution in [0.2, 0.25) is 0 Å². The molecule has 5 heteroatoms. The highest BCUT2D eigenvalue weighted by molar-refractivity contribution is 5.86. The van der Waals surface area contributed by atoms with Crippen molar-refractivity contribution in [3.63, 3.8) is 0 Å². The molecule has 124 valence electrons. The molecule has 0 radical (unpaired) electrons. The van der Waals surface area contributed by atoms with Crippen molar-refractivity contribution in [1.29, 1.82) is 0 Å². The van der Waals surface area contributed by atoms with Crippen molar-refractivity contribution in [1.82, 2.24) is 9.88 Å². The van der Waals surface area contributed by atoms with Crippen LogP contribution in [0, 0.1) is 5.41 Å². The molecule has 2 aliphatic rings. The molecule has 1 aromatic heterocycles. The molecule has 0 unspecified atom stereocenters. The molecule has 1 aliphatic heterocycles. The standard InChI is InChI=1S/C18H24N2O3/c1-3-23-17(22)18(2)9-11-20(12-18)16(21)14-8-4-6-13-7-5-10-19-15(13)14/h5,7,10,14H,3-4,6,8-9,11-12H2,1-2H3/t14-,18+/m1/s1. The van der Waals surface area contributed by atoms with E-state index in [9.17, 15) is 9.59 Å². The van der Waals surface area contributed by atoms with Crippen LogP contribution in [0.25, 0.3) is 0 Å². The lowest BCUT2D eigenvalue weighted by Crippen LogP contribution is -2.39. The molecule has 1 amide bonds. The second-order valence-electron chi connectivity index (χ2n) is 6.78. The van der Waals surface area contributed by atoms with Crippen molar-refractivity contribution in [3.05, 3.63) is 29.6 Å². The van der Waals surface area contributed by atoms with Gasteiger partial charge in [-0.2, -0.15) is 0 Å². The van der Waals surface area contributed by atoms with Gasteiger partial charge in [0.25, 0.3) is 0 Å². The van der Waals surface area contributed by atoms with E-state index in [1.807, 2.05) is 24.8 Å². The van der Waals surface area contributed by atoms with Crippen LogP contribution in [-0.4, -0.2) is 41.5 Å². The zero-order valence-electron chi connectivity index (χ0n) is 13.9. The summed E-state index contributed by atoms with van der Waals surface area (Å²) in [6.07, 6.45) is 5.28. The third kappa shape index (κ3) is 2.96. The van der Waals surface area contributed by atoms with Crippen molar-refractivity contribution in [2.24, 2.45) is 5.41 Å². The lowest BCUT2D eigenvalue weighted by atomic mass is 9.85. The van der Waals surface area contributed by atoms with Crippen LogP contribution in [-0.2, 0) is 20.7 Å². The first-order valence-corrected chi connectivity index (χ1v) is 8.45. The first kappa shape index (κ1) is 16.0. The van der Waals surface area contributed by atoms with Crippen molar-refractivity contribution in [3.8, 4) is 0 Å². The Morgan fingerprint density at radius 2 is 2.30 bits per heavy atom. The average molecular weight is 316 g/mol. The number of pyridine rings is 1. The quantitative estimate of drug-likeness (QED) is 0.803. The molecule has 0 spiro atoms. The molecular formula is C18H24N2O3. The number of fused-ring (bicyclic) bond motifs is 1. The minimum absolute atomic E-state index is 0.109. The molecule has 5 nitrogen and oxygen atoms in total. The highest BCUT2D eigenvalue weighted by Crippen LogP contribution is 2.36. The van der Waals surface area contributed by atoms with Gasteiger partial charge >= 0.3 is 5.97 Å². The maximum absolute atomic E-state index is 13.0. The maximum Gasteiger partial charge on any atom is 0.313 e. The average Bonchev–Trinajstić information content (AvgIpc) is 2.98. The molecule has 2 atom stereocenters. The topological polar surface area (TPSA) is 59.5 Å². The van der Waals surface area contributed by atoms with Crippen LogP contribution >= 0.6 is 0 Å². The Morgan fingerprint density at radius 1 is 1.48 bits per heavy atom. The van der Waals surface area contributed by atoms with E-state index in [4.69, 9.17) is 4.74 Å². The fourth-order valence-electron chi connectivity index (χ4n) is 3.69. The molecule has 3 rings (SSSR count). The first-order chi connectivity index (χ1) is 11.0. The van der Waals surface area contributed by atoms with Crippen LogP contribution in [0.5, 0.6) is 0 Å². The van der Waals surface area contributed by atoms with Crippen molar-refractivity contribution >= 4 is 11.9 Å². The van der Waals surface area contributed by atoms with Gasteiger partial charge in [-0.25, -0.2) is 0 Å². The lowest BCUT2D eigenvalue weighted by Gasteiger charge is -2.28. The van der Waals surface area contributed by atoms with Gasteiger partial charge in [0.15, 0.2) is 0 Å². The monoisotopic (exact) mass is 316 g/mol. The molecule has 2 heterocycles. The third-order valence-corrected chi connectivity index (χ3v) is 5.05. The Balaban J connectivity index is 1.74. The van der Waals surface area contributed by atoms with Crippen molar-refractivity contribution in [2.45, 2.75) is 45.4 Å². The van der Waals surface area contributed by atoms with Crippen molar-refractivity contribution < 1.29 is 14.3 Å². The van der Waals surface area contributed by atoms with E-state index in [0.717, 1.165) is 25.0 Å². The zero-order valence-corrected chi connectivity index (χ0v) is 13.9. The summed E-state index contributed by atoms with van der Waals surface area (Å²) in [6, 6.07) is 3.99. The van der Waals surface area contributed by atoms with Gasteiger partial charge in [0.1, 0.15) is 0 Å². The number of esters is 1. The summed E-state index contributed by atoms with van der Waals surface area (Å²) < 4.78 is 5.17. The first-order valence-electron chi connectivity index (χ1n) is 8.45. The van der Waals surface area contributed by atoms with Crippen LogP contribution in [0.15, 0.2) is 18.3 Å². The normalized spacial score (nSPS) is 26.7. The molecule has 1 fully saturated rings. The van der Waals surface area contributed by atoms with Gasteiger partial charge < -0.3 is 9.64 Å². The second kappa shape index (κ2) is 6.30. The van der Waals surface area contributed by atoms with E-state index >= 15 is 0 Å². The van der Waals surface area contributed by atoms with E-state index in [1.54, 1.807) is 6.20 Å². The Kier molecular flexibility index (Phi) is 4.37. The highest BCUT2D eigenvalue weighted by atomic mass is 16.5. The Hall–Kier alpha value is -1.91. The molecule has 1 aromatic rings. The number of carbonyl (C=O) groups is 2. The fraction of sp³-hybridized carbons (Fsp3) is 0.611. The predicted octanol–water partition coefficient (Wildman–Crippen LogP) is 2.30. The number of ether oxygens (including phenoxy) is 1. The van der Waals surface area contributed by atoms with Gasteiger partial charge in [-0.05, 0) is 51.2 Å². The molecule has 0 saturated carbocycles. The van der Waals surface area contributed by atoms with Crippen LogP contribution in [0.3, 0.4) is 0 Å². The van der Waals surface area contributed by atoms with Gasteiger partial charge in [-0.1, -0.05) is 6.07 Å². The summed E-state index contributed by atoms with van der Waals surface area (Å²) in [5.74, 6) is -0.250. The number of rotatable bonds is 3. The third-order valence-electron chi connectivity index (χ3n) is 5.05. The van der Waals surface area contributed by atoms with Gasteiger partial charge in [0, 0.05) is 19.3 Å². The van der Waals surface area contributed by atoms with E-state index in [0.29, 0.717) is 26.1 Å². The highest BCUT2D eigenvalue weighted by Gasteiger charge is 2.45. The van der Waals surface area contributed by atoms with Gasteiger partial charge in [-0.15, -0.1) is 0 Å². The molecule has 1 aliphatic carbocycles. The number of amides is 1.